The molecule has 5 aromatic carbocycles. The van der Waals surface area contributed by atoms with Gasteiger partial charge in [-0.15, -0.1) is 0 Å². The van der Waals surface area contributed by atoms with Gasteiger partial charge in [-0.2, -0.15) is 0 Å². The second-order valence-corrected chi connectivity index (χ2v) is 13.2. The molecule has 0 bridgehead atoms. The summed E-state index contributed by atoms with van der Waals surface area (Å²) in [4.78, 5) is 2.30. The van der Waals surface area contributed by atoms with Crippen LogP contribution in [-0.4, -0.2) is 0 Å². The van der Waals surface area contributed by atoms with Crippen molar-refractivity contribution < 1.29 is 4.42 Å². The molecular formula is C46H33NO. The lowest BCUT2D eigenvalue weighted by Crippen LogP contribution is -2.33. The Labute approximate surface area is 280 Å². The minimum atomic E-state index is 0.459. The van der Waals surface area contributed by atoms with Crippen molar-refractivity contribution in [2.24, 2.45) is 17.8 Å². The normalized spacial score (nSPS) is 20.5. The van der Waals surface area contributed by atoms with Crippen LogP contribution in [-0.2, 0) is 0 Å². The summed E-state index contributed by atoms with van der Waals surface area (Å²) in [7, 11) is 0. The smallest absolute Gasteiger partial charge is 0.135 e. The van der Waals surface area contributed by atoms with Gasteiger partial charge in [0.15, 0.2) is 0 Å². The van der Waals surface area contributed by atoms with Gasteiger partial charge in [0.1, 0.15) is 11.2 Å². The maximum atomic E-state index is 6.38. The number of rotatable bonds is 5. The fraction of sp³-hybridized carbons (Fsp3) is 0.0870. The Balaban J connectivity index is 1.03. The molecule has 0 spiro atoms. The summed E-state index contributed by atoms with van der Waals surface area (Å²) in [5, 5.41) is 2.32. The number of allylic oxidation sites excluding steroid dienone is 12. The van der Waals surface area contributed by atoms with E-state index in [0.29, 0.717) is 17.8 Å². The molecule has 6 aromatic rings. The lowest BCUT2D eigenvalue weighted by atomic mass is 9.60. The zero-order valence-corrected chi connectivity index (χ0v) is 26.5. The first kappa shape index (κ1) is 27.3. The molecule has 2 heteroatoms. The molecule has 10 rings (SSSR count). The number of para-hydroxylation sites is 2. The summed E-state index contributed by atoms with van der Waals surface area (Å²) < 4.78 is 6.38. The zero-order valence-electron chi connectivity index (χ0n) is 26.5. The molecule has 0 saturated heterocycles. The van der Waals surface area contributed by atoms with Gasteiger partial charge in [-0.1, -0.05) is 115 Å². The summed E-state index contributed by atoms with van der Waals surface area (Å²) in [6.45, 7) is 0. The lowest BCUT2D eigenvalue weighted by Gasteiger charge is -2.44. The minimum Gasteiger partial charge on any atom is -0.456 e. The van der Waals surface area contributed by atoms with Gasteiger partial charge in [0, 0.05) is 45.6 Å². The Morgan fingerprint density at radius 3 is 1.92 bits per heavy atom. The molecule has 0 radical (unpaired) electrons. The molecule has 0 saturated carbocycles. The van der Waals surface area contributed by atoms with E-state index in [2.05, 4.69) is 175 Å². The van der Waals surface area contributed by atoms with Crippen LogP contribution in [0, 0.1) is 17.8 Å². The maximum absolute atomic E-state index is 6.38. The molecule has 3 unspecified atom stereocenters. The standard InChI is InChI=1S/C46H33NO/c1-3-10-36(11-4-1)47(37-12-5-2-6-13-37)38-22-16-30(17-23-38)34-20-26-43-41(28-34)42-29-35(21-27-44(42)48-43)39-24-18-33-15-14-31-8-7-9-32-19-25-40(39)46(33)45(31)32/h1-24,26-29,33,45-46H,25H2. The largest absolute Gasteiger partial charge is 0.456 e. The van der Waals surface area contributed by atoms with Gasteiger partial charge >= 0.3 is 0 Å². The van der Waals surface area contributed by atoms with Crippen LogP contribution in [0.2, 0.25) is 0 Å². The quantitative estimate of drug-likeness (QED) is 0.192. The van der Waals surface area contributed by atoms with E-state index in [1.165, 1.54) is 38.8 Å². The Morgan fingerprint density at radius 1 is 0.562 bits per heavy atom. The monoisotopic (exact) mass is 615 g/mol. The van der Waals surface area contributed by atoms with Gasteiger partial charge < -0.3 is 9.32 Å². The Hall–Kier alpha value is -5.86. The average Bonchev–Trinajstić information content (AvgIpc) is 3.52. The Morgan fingerprint density at radius 2 is 1.19 bits per heavy atom. The van der Waals surface area contributed by atoms with Crippen LogP contribution in [0.25, 0.3) is 38.6 Å². The summed E-state index contributed by atoms with van der Waals surface area (Å²) in [5.41, 5.74) is 14.7. The second-order valence-electron chi connectivity index (χ2n) is 13.2. The van der Waals surface area contributed by atoms with E-state index in [1.54, 1.807) is 5.57 Å². The van der Waals surface area contributed by atoms with Gasteiger partial charge in [-0.25, -0.2) is 0 Å². The highest BCUT2D eigenvalue weighted by molar-refractivity contribution is 6.07. The molecule has 2 nitrogen and oxygen atoms in total. The predicted octanol–water partition coefficient (Wildman–Crippen LogP) is 12.3. The van der Waals surface area contributed by atoms with Crippen molar-refractivity contribution >= 4 is 44.6 Å². The molecule has 4 aliphatic carbocycles. The van der Waals surface area contributed by atoms with Crippen LogP contribution in [0.5, 0.6) is 0 Å². The SMILES string of the molecule is C1=CC2=CCC3=C(c4ccc5oc6ccc(-c7ccc(N(c8ccccc8)c8ccccc8)cc7)cc6c5c4)C=CC4C=CC(=C1)C2C34. The molecular weight excluding hydrogens is 583 g/mol. The van der Waals surface area contributed by atoms with Gasteiger partial charge in [0.2, 0.25) is 0 Å². The number of furan rings is 1. The van der Waals surface area contributed by atoms with E-state index in [-0.39, 0.29) is 0 Å². The molecule has 3 atom stereocenters. The molecule has 1 heterocycles. The number of hydrogen-bond donors (Lipinski definition) is 0. The fourth-order valence-electron chi connectivity index (χ4n) is 8.40. The van der Waals surface area contributed by atoms with Crippen LogP contribution in [0.15, 0.2) is 191 Å². The van der Waals surface area contributed by atoms with Crippen molar-refractivity contribution in [2.45, 2.75) is 6.42 Å². The summed E-state index contributed by atoms with van der Waals surface area (Å²) in [5.74, 6) is 1.42. The lowest BCUT2D eigenvalue weighted by molar-refractivity contribution is 0.400. The third kappa shape index (κ3) is 4.33. The van der Waals surface area contributed by atoms with Crippen LogP contribution in [0.3, 0.4) is 0 Å². The van der Waals surface area contributed by atoms with Crippen molar-refractivity contribution in [3.63, 3.8) is 0 Å². The summed E-state index contributed by atoms with van der Waals surface area (Å²) >= 11 is 0. The zero-order chi connectivity index (χ0) is 31.6. The number of nitrogens with zero attached hydrogens (tertiary/aromatic N) is 1. The Bertz CT molecular complexity index is 2380. The molecule has 0 fully saturated rings. The minimum absolute atomic E-state index is 0.459. The van der Waals surface area contributed by atoms with E-state index in [1.807, 2.05) is 0 Å². The van der Waals surface area contributed by atoms with Crippen molar-refractivity contribution in [3.8, 4) is 11.1 Å². The van der Waals surface area contributed by atoms with Gasteiger partial charge in [0.25, 0.3) is 0 Å². The van der Waals surface area contributed by atoms with Gasteiger partial charge in [-0.3, -0.25) is 0 Å². The third-order valence-electron chi connectivity index (χ3n) is 10.6. The topological polar surface area (TPSA) is 16.4 Å². The van der Waals surface area contributed by atoms with E-state index < -0.39 is 0 Å². The molecule has 48 heavy (non-hydrogen) atoms. The van der Waals surface area contributed by atoms with Gasteiger partial charge in [0.05, 0.1) is 0 Å². The van der Waals surface area contributed by atoms with Crippen molar-refractivity contribution in [1.29, 1.82) is 0 Å². The number of anilines is 3. The van der Waals surface area contributed by atoms with Gasteiger partial charge in [-0.05, 0) is 100 Å². The van der Waals surface area contributed by atoms with E-state index in [0.717, 1.165) is 40.0 Å². The molecule has 0 N–H and O–H groups in total. The predicted molar refractivity (Wildman–Crippen MR) is 199 cm³/mol. The summed E-state index contributed by atoms with van der Waals surface area (Å²) in [6, 6.07) is 43.3. The second kappa shape index (κ2) is 10.9. The Kier molecular flexibility index (Phi) is 6.17. The van der Waals surface area contributed by atoms with Crippen molar-refractivity contribution in [2.75, 3.05) is 4.90 Å². The first-order chi connectivity index (χ1) is 23.8. The number of hydrogen-bond acceptors (Lipinski definition) is 2. The number of benzene rings is 5. The molecule has 0 amide bonds. The van der Waals surface area contributed by atoms with E-state index in [4.69, 9.17) is 4.42 Å². The van der Waals surface area contributed by atoms with E-state index >= 15 is 0 Å². The average molecular weight is 616 g/mol. The van der Waals surface area contributed by atoms with Crippen LogP contribution in [0.1, 0.15) is 12.0 Å². The highest BCUT2D eigenvalue weighted by Crippen LogP contribution is 2.53. The fourth-order valence-corrected chi connectivity index (χ4v) is 8.40. The number of fused-ring (bicyclic) bond motifs is 3. The highest BCUT2D eigenvalue weighted by atomic mass is 16.3. The molecule has 4 aliphatic rings. The first-order valence-electron chi connectivity index (χ1n) is 16.9. The molecule has 1 aromatic heterocycles. The first-order valence-corrected chi connectivity index (χ1v) is 16.9. The third-order valence-corrected chi connectivity index (χ3v) is 10.6. The van der Waals surface area contributed by atoms with E-state index in [9.17, 15) is 0 Å². The van der Waals surface area contributed by atoms with Crippen LogP contribution in [0.4, 0.5) is 17.1 Å². The summed E-state index contributed by atoms with van der Waals surface area (Å²) in [6.07, 6.45) is 19.8. The molecule has 0 aliphatic heterocycles. The van der Waals surface area contributed by atoms with Crippen LogP contribution >= 0.6 is 0 Å². The van der Waals surface area contributed by atoms with Crippen LogP contribution < -0.4 is 4.90 Å². The van der Waals surface area contributed by atoms with Crippen molar-refractivity contribution in [3.05, 3.63) is 192 Å². The molecule has 228 valence electrons. The highest BCUT2D eigenvalue weighted by Gasteiger charge is 2.41. The maximum Gasteiger partial charge on any atom is 0.135 e. The van der Waals surface area contributed by atoms with Crippen molar-refractivity contribution in [1.82, 2.24) is 0 Å².